The highest BCUT2D eigenvalue weighted by Crippen LogP contribution is 2.34. The van der Waals surface area contributed by atoms with Gasteiger partial charge in [0.1, 0.15) is 0 Å². The van der Waals surface area contributed by atoms with Crippen LogP contribution in [-0.4, -0.2) is 10.9 Å². The number of fused-ring (bicyclic) bond motifs is 1. The summed E-state index contributed by atoms with van der Waals surface area (Å²) in [6, 6.07) is 24.1. The van der Waals surface area contributed by atoms with Crippen LogP contribution in [0.4, 0.5) is 5.13 Å². The van der Waals surface area contributed by atoms with Crippen LogP contribution in [0.1, 0.15) is 46.8 Å². The Bertz CT molecular complexity index is 1130. The molecule has 0 radical (unpaired) electrons. The fourth-order valence-corrected chi connectivity index (χ4v) is 4.38. The highest BCUT2D eigenvalue weighted by molar-refractivity contribution is 7.22. The Morgan fingerprint density at radius 1 is 0.966 bits per heavy atom. The first-order chi connectivity index (χ1) is 14.0. The summed E-state index contributed by atoms with van der Waals surface area (Å²) < 4.78 is 1.11. The predicted octanol–water partition coefficient (Wildman–Crippen LogP) is 6.58. The van der Waals surface area contributed by atoms with Crippen LogP contribution >= 0.6 is 11.3 Å². The number of carbonyl (C=O) groups excluding carboxylic acids is 1. The molecule has 0 saturated heterocycles. The van der Waals surface area contributed by atoms with Crippen molar-refractivity contribution in [1.82, 2.24) is 4.98 Å². The molecule has 1 aromatic heterocycles. The van der Waals surface area contributed by atoms with Crippen LogP contribution < -0.4 is 4.90 Å². The zero-order valence-corrected chi connectivity index (χ0v) is 17.7. The molecule has 0 aliphatic rings. The van der Waals surface area contributed by atoms with Gasteiger partial charge in [0.2, 0.25) is 0 Å². The fourth-order valence-electron chi connectivity index (χ4n) is 3.38. The standard InChI is InChI=1S/C25H24N2OS/c1-17(2)21-10-7-11-22-23(21)26-25(29-22)27(16-19-8-5-4-6-9-19)24(28)20-14-12-18(3)13-15-20/h4-15,17H,16H2,1-3H3. The van der Waals surface area contributed by atoms with E-state index in [0.29, 0.717) is 18.0 Å². The Hall–Kier alpha value is -2.98. The molecule has 0 N–H and O–H groups in total. The number of nitrogens with zero attached hydrogens (tertiary/aromatic N) is 2. The zero-order valence-electron chi connectivity index (χ0n) is 16.9. The van der Waals surface area contributed by atoms with Crippen molar-refractivity contribution in [2.45, 2.75) is 33.2 Å². The van der Waals surface area contributed by atoms with E-state index in [2.05, 4.69) is 32.0 Å². The summed E-state index contributed by atoms with van der Waals surface area (Å²) in [5, 5.41) is 0.738. The van der Waals surface area contributed by atoms with Gasteiger partial charge in [-0.15, -0.1) is 0 Å². The minimum Gasteiger partial charge on any atom is -0.279 e. The third-order valence-electron chi connectivity index (χ3n) is 5.02. The van der Waals surface area contributed by atoms with Gasteiger partial charge in [-0.25, -0.2) is 4.98 Å². The first-order valence-corrected chi connectivity index (χ1v) is 10.7. The number of hydrogen-bond acceptors (Lipinski definition) is 3. The molecule has 0 spiro atoms. The van der Waals surface area contributed by atoms with Gasteiger partial charge in [0.25, 0.3) is 5.91 Å². The molecule has 0 bridgehead atoms. The molecular weight excluding hydrogens is 376 g/mol. The molecule has 1 heterocycles. The molecule has 0 aliphatic heterocycles. The quantitative estimate of drug-likeness (QED) is 0.379. The smallest absolute Gasteiger partial charge is 0.260 e. The van der Waals surface area contributed by atoms with E-state index in [1.165, 1.54) is 5.56 Å². The second-order valence-corrected chi connectivity index (χ2v) is 8.60. The van der Waals surface area contributed by atoms with E-state index in [9.17, 15) is 4.79 Å². The maximum atomic E-state index is 13.4. The van der Waals surface area contributed by atoms with Gasteiger partial charge in [-0.3, -0.25) is 9.69 Å². The molecule has 4 aromatic rings. The van der Waals surface area contributed by atoms with Crippen molar-refractivity contribution >= 4 is 32.6 Å². The van der Waals surface area contributed by atoms with E-state index in [-0.39, 0.29) is 5.91 Å². The first-order valence-electron chi connectivity index (χ1n) is 9.85. The number of hydrogen-bond donors (Lipinski definition) is 0. The van der Waals surface area contributed by atoms with Gasteiger partial charge >= 0.3 is 0 Å². The van der Waals surface area contributed by atoms with Crippen molar-refractivity contribution in [3.63, 3.8) is 0 Å². The average molecular weight is 401 g/mol. The van der Waals surface area contributed by atoms with E-state index in [1.807, 2.05) is 61.5 Å². The minimum atomic E-state index is -0.0287. The normalized spacial score (nSPS) is 11.2. The van der Waals surface area contributed by atoms with Gasteiger partial charge in [0.15, 0.2) is 5.13 Å². The number of aryl methyl sites for hydroxylation is 1. The monoisotopic (exact) mass is 400 g/mol. The number of rotatable bonds is 5. The molecule has 0 unspecified atom stereocenters. The lowest BCUT2D eigenvalue weighted by Gasteiger charge is -2.20. The Balaban J connectivity index is 1.79. The van der Waals surface area contributed by atoms with Crippen LogP contribution in [0.3, 0.4) is 0 Å². The highest BCUT2D eigenvalue weighted by atomic mass is 32.1. The molecule has 1 amide bonds. The fraction of sp³-hybridized carbons (Fsp3) is 0.200. The number of benzene rings is 3. The number of para-hydroxylation sites is 1. The maximum Gasteiger partial charge on any atom is 0.260 e. The number of anilines is 1. The summed E-state index contributed by atoms with van der Waals surface area (Å²) in [6.45, 7) is 6.86. The first kappa shape index (κ1) is 19.3. The van der Waals surface area contributed by atoms with Crippen LogP contribution in [0.5, 0.6) is 0 Å². The van der Waals surface area contributed by atoms with E-state index in [0.717, 1.165) is 26.5 Å². The van der Waals surface area contributed by atoms with Crippen molar-refractivity contribution in [3.05, 3.63) is 95.1 Å². The number of aromatic nitrogens is 1. The van der Waals surface area contributed by atoms with Crippen molar-refractivity contribution in [2.24, 2.45) is 0 Å². The molecule has 3 aromatic carbocycles. The zero-order chi connectivity index (χ0) is 20.4. The summed E-state index contributed by atoms with van der Waals surface area (Å²) in [4.78, 5) is 20.2. The third-order valence-corrected chi connectivity index (χ3v) is 6.06. The SMILES string of the molecule is Cc1ccc(C(=O)N(Cc2ccccc2)c2nc3c(C(C)C)cccc3s2)cc1. The molecule has 29 heavy (non-hydrogen) atoms. The second-order valence-electron chi connectivity index (χ2n) is 7.59. The molecule has 3 nitrogen and oxygen atoms in total. The van der Waals surface area contributed by atoms with E-state index < -0.39 is 0 Å². The van der Waals surface area contributed by atoms with Gasteiger partial charge in [-0.2, -0.15) is 0 Å². The van der Waals surface area contributed by atoms with Gasteiger partial charge in [-0.05, 0) is 42.2 Å². The maximum absolute atomic E-state index is 13.4. The summed E-state index contributed by atoms with van der Waals surface area (Å²) in [7, 11) is 0. The second kappa shape index (κ2) is 8.18. The van der Waals surface area contributed by atoms with Crippen LogP contribution in [0.25, 0.3) is 10.2 Å². The highest BCUT2D eigenvalue weighted by Gasteiger charge is 2.22. The van der Waals surface area contributed by atoms with Crippen LogP contribution in [0.15, 0.2) is 72.8 Å². The Morgan fingerprint density at radius 2 is 1.69 bits per heavy atom. The number of amides is 1. The third kappa shape index (κ3) is 4.08. The van der Waals surface area contributed by atoms with E-state index in [4.69, 9.17) is 4.98 Å². The van der Waals surface area contributed by atoms with Crippen LogP contribution in [-0.2, 0) is 6.54 Å². The lowest BCUT2D eigenvalue weighted by molar-refractivity contribution is 0.0985. The van der Waals surface area contributed by atoms with Crippen molar-refractivity contribution < 1.29 is 4.79 Å². The van der Waals surface area contributed by atoms with Gasteiger partial charge in [0.05, 0.1) is 16.8 Å². The molecule has 146 valence electrons. The average Bonchev–Trinajstić information content (AvgIpc) is 3.16. The molecular formula is C25H24N2OS. The minimum absolute atomic E-state index is 0.0287. The van der Waals surface area contributed by atoms with Gasteiger partial charge in [-0.1, -0.05) is 85.3 Å². The molecule has 4 rings (SSSR count). The largest absolute Gasteiger partial charge is 0.279 e. The van der Waals surface area contributed by atoms with Crippen LogP contribution in [0.2, 0.25) is 0 Å². The Kier molecular flexibility index (Phi) is 5.45. The Labute approximate surface area is 175 Å². The van der Waals surface area contributed by atoms with Crippen LogP contribution in [0, 0.1) is 6.92 Å². The van der Waals surface area contributed by atoms with E-state index >= 15 is 0 Å². The lowest BCUT2D eigenvalue weighted by atomic mass is 10.0. The van der Waals surface area contributed by atoms with Gasteiger partial charge < -0.3 is 0 Å². The Morgan fingerprint density at radius 3 is 2.38 bits per heavy atom. The molecule has 0 saturated carbocycles. The summed E-state index contributed by atoms with van der Waals surface area (Å²) in [5.74, 6) is 0.350. The lowest BCUT2D eigenvalue weighted by Crippen LogP contribution is -2.30. The molecule has 4 heteroatoms. The van der Waals surface area contributed by atoms with Crippen molar-refractivity contribution in [2.75, 3.05) is 4.90 Å². The molecule has 0 atom stereocenters. The topological polar surface area (TPSA) is 33.2 Å². The predicted molar refractivity (Wildman–Crippen MR) is 122 cm³/mol. The molecule has 0 fully saturated rings. The summed E-state index contributed by atoms with van der Waals surface area (Å²) in [6.07, 6.45) is 0. The van der Waals surface area contributed by atoms with E-state index in [1.54, 1.807) is 16.2 Å². The van der Waals surface area contributed by atoms with Crippen molar-refractivity contribution in [1.29, 1.82) is 0 Å². The van der Waals surface area contributed by atoms with Gasteiger partial charge in [0, 0.05) is 5.56 Å². The number of carbonyl (C=O) groups is 1. The molecule has 0 aliphatic carbocycles. The van der Waals surface area contributed by atoms with Crippen molar-refractivity contribution in [3.8, 4) is 0 Å². The summed E-state index contributed by atoms with van der Waals surface area (Å²) >= 11 is 1.58. The summed E-state index contributed by atoms with van der Waals surface area (Å²) in [5.41, 5.74) is 5.11. The number of thiazole rings is 1.